The van der Waals surface area contributed by atoms with Crippen molar-refractivity contribution in [3.63, 3.8) is 0 Å². The molecular weight excluding hydrogens is 164 g/mol. The second kappa shape index (κ2) is 9.72. The fourth-order valence-electron chi connectivity index (χ4n) is 1.39. The number of aldehydes is 1. The van der Waals surface area contributed by atoms with Crippen LogP contribution in [0.25, 0.3) is 0 Å². The molecule has 0 saturated carbocycles. The molecule has 0 bridgehead atoms. The van der Waals surface area contributed by atoms with Gasteiger partial charge in [0.2, 0.25) is 0 Å². The van der Waals surface area contributed by atoms with Gasteiger partial charge in [-0.05, 0) is 6.42 Å². The molecule has 0 amide bonds. The van der Waals surface area contributed by atoms with Crippen LogP contribution in [0.15, 0.2) is 0 Å². The van der Waals surface area contributed by atoms with Crippen LogP contribution in [0.1, 0.15) is 58.3 Å². The highest BCUT2D eigenvalue weighted by atomic mass is 16.3. The van der Waals surface area contributed by atoms with Crippen molar-refractivity contribution in [2.75, 3.05) is 0 Å². The Morgan fingerprint density at radius 2 is 1.77 bits per heavy atom. The fraction of sp³-hybridized carbons (Fsp3) is 0.909. The molecule has 0 heterocycles. The normalized spacial score (nSPS) is 12.8. The van der Waals surface area contributed by atoms with E-state index in [9.17, 15) is 9.90 Å². The van der Waals surface area contributed by atoms with Gasteiger partial charge >= 0.3 is 0 Å². The zero-order chi connectivity index (χ0) is 9.94. The van der Waals surface area contributed by atoms with Crippen molar-refractivity contribution in [3.05, 3.63) is 0 Å². The van der Waals surface area contributed by atoms with Crippen molar-refractivity contribution in [2.45, 2.75) is 64.4 Å². The molecule has 78 valence electrons. The van der Waals surface area contributed by atoms with E-state index in [4.69, 9.17) is 0 Å². The lowest BCUT2D eigenvalue weighted by molar-refractivity contribution is -0.109. The first kappa shape index (κ1) is 12.6. The lowest BCUT2D eigenvalue weighted by Crippen LogP contribution is -2.06. The van der Waals surface area contributed by atoms with E-state index in [1.807, 2.05) is 0 Å². The maximum Gasteiger partial charge on any atom is 0.122 e. The molecule has 1 atom stereocenters. The minimum atomic E-state index is -0.399. The Kier molecular flexibility index (Phi) is 9.44. The highest BCUT2D eigenvalue weighted by molar-refractivity contribution is 5.49. The molecule has 0 radical (unpaired) electrons. The largest absolute Gasteiger partial charge is 0.393 e. The Bertz CT molecular complexity index is 113. The molecule has 0 saturated heterocycles. The van der Waals surface area contributed by atoms with Gasteiger partial charge < -0.3 is 9.90 Å². The van der Waals surface area contributed by atoms with E-state index >= 15 is 0 Å². The second-order valence-electron chi connectivity index (χ2n) is 3.61. The van der Waals surface area contributed by atoms with Gasteiger partial charge in [-0.2, -0.15) is 0 Å². The van der Waals surface area contributed by atoms with Crippen molar-refractivity contribution in [2.24, 2.45) is 0 Å². The van der Waals surface area contributed by atoms with E-state index < -0.39 is 6.10 Å². The van der Waals surface area contributed by atoms with E-state index in [2.05, 4.69) is 6.92 Å². The van der Waals surface area contributed by atoms with Crippen molar-refractivity contribution in [1.29, 1.82) is 0 Å². The Morgan fingerprint density at radius 3 is 2.38 bits per heavy atom. The minimum absolute atomic E-state index is 0.301. The van der Waals surface area contributed by atoms with E-state index in [-0.39, 0.29) is 0 Å². The summed E-state index contributed by atoms with van der Waals surface area (Å²) in [5.74, 6) is 0. The molecule has 0 rings (SSSR count). The Hall–Kier alpha value is -0.370. The number of hydrogen-bond donors (Lipinski definition) is 1. The summed E-state index contributed by atoms with van der Waals surface area (Å²) in [5.41, 5.74) is 0. The number of rotatable bonds is 9. The van der Waals surface area contributed by atoms with Crippen LogP contribution in [0.3, 0.4) is 0 Å². The number of unbranched alkanes of at least 4 members (excludes halogenated alkanes) is 5. The van der Waals surface area contributed by atoms with Crippen LogP contribution < -0.4 is 0 Å². The first-order chi connectivity index (χ1) is 6.31. The molecule has 2 heteroatoms. The van der Waals surface area contributed by atoms with E-state index in [1.54, 1.807) is 0 Å². The summed E-state index contributed by atoms with van der Waals surface area (Å²) in [6.07, 6.45) is 8.88. The quantitative estimate of drug-likeness (QED) is 0.444. The third-order valence-electron chi connectivity index (χ3n) is 2.26. The Balaban J connectivity index is 3.01. The van der Waals surface area contributed by atoms with Crippen LogP contribution >= 0.6 is 0 Å². The molecule has 1 unspecified atom stereocenters. The fourth-order valence-corrected chi connectivity index (χ4v) is 1.39. The van der Waals surface area contributed by atoms with Crippen LogP contribution in [-0.2, 0) is 4.79 Å². The molecule has 0 aromatic heterocycles. The van der Waals surface area contributed by atoms with Crippen LogP contribution in [-0.4, -0.2) is 17.5 Å². The summed E-state index contributed by atoms with van der Waals surface area (Å²) in [5, 5.41) is 9.22. The number of hydrogen-bond acceptors (Lipinski definition) is 2. The maximum atomic E-state index is 10.0. The molecule has 13 heavy (non-hydrogen) atoms. The lowest BCUT2D eigenvalue weighted by atomic mass is 10.1. The molecular formula is C11H22O2. The molecule has 2 nitrogen and oxygen atoms in total. The van der Waals surface area contributed by atoms with Gasteiger partial charge in [-0.1, -0.05) is 45.4 Å². The zero-order valence-corrected chi connectivity index (χ0v) is 8.67. The first-order valence-corrected chi connectivity index (χ1v) is 5.43. The summed E-state index contributed by atoms with van der Waals surface area (Å²) in [6.45, 7) is 2.20. The number of aliphatic hydroxyl groups excluding tert-OH is 1. The molecule has 0 fully saturated rings. The number of carbonyl (C=O) groups excluding carboxylic acids is 1. The Labute approximate surface area is 81.3 Å². The third kappa shape index (κ3) is 9.54. The van der Waals surface area contributed by atoms with E-state index in [1.165, 1.54) is 32.1 Å². The summed E-state index contributed by atoms with van der Waals surface area (Å²) < 4.78 is 0. The van der Waals surface area contributed by atoms with Crippen molar-refractivity contribution >= 4 is 6.29 Å². The Morgan fingerprint density at radius 1 is 1.15 bits per heavy atom. The average Bonchev–Trinajstić information content (AvgIpc) is 2.11. The molecule has 0 spiro atoms. The van der Waals surface area contributed by atoms with Gasteiger partial charge in [0.25, 0.3) is 0 Å². The van der Waals surface area contributed by atoms with Crippen molar-refractivity contribution < 1.29 is 9.90 Å². The number of carbonyl (C=O) groups is 1. The summed E-state index contributed by atoms with van der Waals surface area (Å²) in [7, 11) is 0. The summed E-state index contributed by atoms with van der Waals surface area (Å²) in [4.78, 5) is 10.0. The van der Waals surface area contributed by atoms with Gasteiger partial charge in [0.1, 0.15) is 6.29 Å². The maximum absolute atomic E-state index is 10.0. The highest BCUT2D eigenvalue weighted by Crippen LogP contribution is 2.09. The molecule has 1 N–H and O–H groups in total. The third-order valence-corrected chi connectivity index (χ3v) is 2.26. The standard InChI is InChI=1S/C11H22O2/c1-2-3-4-5-6-7-8-11(13)9-10-12/h10-11,13H,2-9H2,1H3. The van der Waals surface area contributed by atoms with E-state index in [0.29, 0.717) is 6.42 Å². The first-order valence-electron chi connectivity index (χ1n) is 5.43. The van der Waals surface area contributed by atoms with E-state index in [0.717, 1.165) is 19.1 Å². The van der Waals surface area contributed by atoms with Gasteiger partial charge in [-0.3, -0.25) is 0 Å². The van der Waals surface area contributed by atoms with Gasteiger partial charge in [0.15, 0.2) is 0 Å². The monoisotopic (exact) mass is 186 g/mol. The topological polar surface area (TPSA) is 37.3 Å². The van der Waals surface area contributed by atoms with Gasteiger partial charge in [-0.15, -0.1) is 0 Å². The minimum Gasteiger partial charge on any atom is -0.393 e. The predicted molar refractivity (Wildman–Crippen MR) is 54.7 cm³/mol. The van der Waals surface area contributed by atoms with Gasteiger partial charge in [0, 0.05) is 6.42 Å². The molecule has 0 aromatic rings. The molecule has 0 aliphatic rings. The summed E-state index contributed by atoms with van der Waals surface area (Å²) >= 11 is 0. The summed E-state index contributed by atoms with van der Waals surface area (Å²) in [6, 6.07) is 0. The molecule has 0 aliphatic heterocycles. The van der Waals surface area contributed by atoms with Gasteiger partial charge in [0.05, 0.1) is 6.10 Å². The average molecular weight is 186 g/mol. The van der Waals surface area contributed by atoms with Crippen LogP contribution in [0.5, 0.6) is 0 Å². The number of aliphatic hydroxyl groups is 1. The molecule has 0 aromatic carbocycles. The smallest absolute Gasteiger partial charge is 0.122 e. The van der Waals surface area contributed by atoms with Crippen LogP contribution in [0, 0.1) is 0 Å². The zero-order valence-electron chi connectivity index (χ0n) is 8.67. The van der Waals surface area contributed by atoms with Crippen LogP contribution in [0.2, 0.25) is 0 Å². The SMILES string of the molecule is CCCCCCCCC(O)CC=O. The van der Waals surface area contributed by atoms with Crippen LogP contribution in [0.4, 0.5) is 0 Å². The lowest BCUT2D eigenvalue weighted by Gasteiger charge is -2.05. The molecule has 0 aliphatic carbocycles. The van der Waals surface area contributed by atoms with Gasteiger partial charge in [-0.25, -0.2) is 0 Å². The van der Waals surface area contributed by atoms with Crippen molar-refractivity contribution in [3.8, 4) is 0 Å². The second-order valence-corrected chi connectivity index (χ2v) is 3.61. The van der Waals surface area contributed by atoms with Crippen molar-refractivity contribution in [1.82, 2.24) is 0 Å². The highest BCUT2D eigenvalue weighted by Gasteiger charge is 2.01. The predicted octanol–water partition coefficient (Wildman–Crippen LogP) is 2.69.